The third-order valence-electron chi connectivity index (χ3n) is 4.42. The lowest BCUT2D eigenvalue weighted by Gasteiger charge is -2.19. The van der Waals surface area contributed by atoms with E-state index in [1.54, 1.807) is 31.2 Å². The van der Waals surface area contributed by atoms with Gasteiger partial charge < -0.3 is 11.2 Å². The summed E-state index contributed by atoms with van der Waals surface area (Å²) in [6, 6.07) is 15.1. The lowest BCUT2D eigenvalue weighted by atomic mass is 9.87. The number of aromatic nitrogens is 3. The van der Waals surface area contributed by atoms with Gasteiger partial charge in [0.25, 0.3) is 0 Å². The predicted octanol–water partition coefficient (Wildman–Crippen LogP) is 4.73. The maximum Gasteiger partial charge on any atom is 0.237 e. The Kier molecular flexibility index (Phi) is 6.19. The number of carbonyl (C=O) groups excluding carboxylic acids is 1. The number of thioether (sulfide) groups is 1. The van der Waals surface area contributed by atoms with Crippen LogP contribution in [0.15, 0.2) is 53.7 Å². The Morgan fingerprint density at radius 3 is 2.48 bits per heavy atom. The molecule has 3 aromatic rings. The molecule has 0 aliphatic carbocycles. The van der Waals surface area contributed by atoms with Crippen LogP contribution in [0.3, 0.4) is 0 Å². The fourth-order valence-corrected chi connectivity index (χ4v) is 3.66. The minimum atomic E-state index is -0.420. The summed E-state index contributed by atoms with van der Waals surface area (Å²) in [5.74, 6) is 6.58. The Morgan fingerprint density at radius 1 is 1.17 bits per heavy atom. The third-order valence-corrected chi connectivity index (χ3v) is 5.71. The van der Waals surface area contributed by atoms with Crippen molar-refractivity contribution in [2.75, 3.05) is 11.2 Å². The summed E-state index contributed by atoms with van der Waals surface area (Å²) in [7, 11) is 0. The summed E-state index contributed by atoms with van der Waals surface area (Å²) < 4.78 is 1.42. The highest BCUT2D eigenvalue weighted by molar-refractivity contribution is 8.00. The minimum Gasteiger partial charge on any atom is -0.335 e. The van der Waals surface area contributed by atoms with Gasteiger partial charge in [0, 0.05) is 16.3 Å². The van der Waals surface area contributed by atoms with E-state index in [9.17, 15) is 4.79 Å². The van der Waals surface area contributed by atoms with Gasteiger partial charge >= 0.3 is 0 Å². The first-order chi connectivity index (χ1) is 13.6. The van der Waals surface area contributed by atoms with Gasteiger partial charge in [-0.1, -0.05) is 74.5 Å². The molecule has 6 nitrogen and oxygen atoms in total. The van der Waals surface area contributed by atoms with E-state index < -0.39 is 5.25 Å². The van der Waals surface area contributed by atoms with Crippen molar-refractivity contribution in [2.45, 2.75) is 43.5 Å². The first-order valence-electron chi connectivity index (χ1n) is 9.19. The largest absolute Gasteiger partial charge is 0.335 e. The number of amides is 1. The molecule has 1 heterocycles. The Balaban J connectivity index is 1.71. The molecule has 3 rings (SSSR count). The number of halogens is 1. The summed E-state index contributed by atoms with van der Waals surface area (Å²) in [6.07, 6.45) is 0. The molecule has 2 aromatic carbocycles. The molecule has 1 aromatic heterocycles. The SMILES string of the molecule is C[C@@H](Sc1nnc(-c2ccc(C(C)(C)C)cc2)n1N)C(=O)Nc1cccc(Cl)c1. The number of nitrogens with one attached hydrogen (secondary N) is 1. The Hall–Kier alpha value is -2.51. The highest BCUT2D eigenvalue weighted by atomic mass is 35.5. The molecular weight excluding hydrogens is 406 g/mol. The van der Waals surface area contributed by atoms with E-state index in [1.807, 2.05) is 12.1 Å². The van der Waals surface area contributed by atoms with Crippen molar-refractivity contribution in [3.8, 4) is 11.4 Å². The van der Waals surface area contributed by atoms with Crippen molar-refractivity contribution in [2.24, 2.45) is 0 Å². The fraction of sp³-hybridized carbons (Fsp3) is 0.286. The number of hydrogen-bond acceptors (Lipinski definition) is 5. The first-order valence-corrected chi connectivity index (χ1v) is 10.5. The molecule has 8 heteroatoms. The Morgan fingerprint density at radius 2 is 1.86 bits per heavy atom. The van der Waals surface area contributed by atoms with Crippen molar-refractivity contribution in [1.82, 2.24) is 14.9 Å². The molecule has 0 spiro atoms. The minimum absolute atomic E-state index is 0.0711. The molecule has 0 fully saturated rings. The van der Waals surface area contributed by atoms with E-state index in [2.05, 4.69) is 48.4 Å². The molecule has 3 N–H and O–H groups in total. The van der Waals surface area contributed by atoms with Crippen LogP contribution in [0.25, 0.3) is 11.4 Å². The molecule has 0 aliphatic rings. The highest BCUT2D eigenvalue weighted by Gasteiger charge is 2.21. The maximum atomic E-state index is 12.5. The molecule has 0 unspecified atom stereocenters. The van der Waals surface area contributed by atoms with Crippen LogP contribution in [0.5, 0.6) is 0 Å². The fourth-order valence-electron chi connectivity index (χ4n) is 2.70. The van der Waals surface area contributed by atoms with Gasteiger partial charge in [-0.3, -0.25) is 4.79 Å². The second-order valence-electron chi connectivity index (χ2n) is 7.76. The van der Waals surface area contributed by atoms with Gasteiger partial charge in [-0.15, -0.1) is 10.2 Å². The molecule has 0 radical (unpaired) electrons. The zero-order valence-corrected chi connectivity index (χ0v) is 18.4. The molecular formula is C21H24ClN5OS. The lowest BCUT2D eigenvalue weighted by Crippen LogP contribution is -2.23. The van der Waals surface area contributed by atoms with Gasteiger partial charge in [-0.05, 0) is 36.1 Å². The van der Waals surface area contributed by atoms with Crippen LogP contribution in [-0.2, 0) is 10.2 Å². The molecule has 0 aliphatic heterocycles. The summed E-state index contributed by atoms with van der Waals surface area (Å²) in [5.41, 5.74) is 2.81. The zero-order chi connectivity index (χ0) is 21.2. The van der Waals surface area contributed by atoms with E-state index in [1.165, 1.54) is 22.0 Å². The zero-order valence-electron chi connectivity index (χ0n) is 16.8. The van der Waals surface area contributed by atoms with Crippen molar-refractivity contribution in [3.63, 3.8) is 0 Å². The standard InChI is InChI=1S/C21H24ClN5OS/c1-13(19(28)24-17-7-5-6-16(22)12-17)29-20-26-25-18(27(20)23)14-8-10-15(11-9-14)21(2,3)4/h5-13H,23H2,1-4H3,(H,24,28)/t13-/m1/s1. The quantitative estimate of drug-likeness (QED) is 0.452. The van der Waals surface area contributed by atoms with Gasteiger partial charge in [0.2, 0.25) is 11.1 Å². The number of rotatable bonds is 5. The molecule has 1 atom stereocenters. The van der Waals surface area contributed by atoms with Gasteiger partial charge in [-0.2, -0.15) is 0 Å². The summed E-state index contributed by atoms with van der Waals surface area (Å²) in [6.45, 7) is 8.28. The van der Waals surface area contributed by atoms with Crippen molar-refractivity contribution in [1.29, 1.82) is 0 Å². The molecule has 0 saturated heterocycles. The van der Waals surface area contributed by atoms with Crippen LogP contribution in [0.1, 0.15) is 33.3 Å². The van der Waals surface area contributed by atoms with Crippen LogP contribution in [-0.4, -0.2) is 26.0 Å². The van der Waals surface area contributed by atoms with Crippen molar-refractivity contribution < 1.29 is 4.79 Å². The average Bonchev–Trinajstić information content (AvgIpc) is 3.01. The van der Waals surface area contributed by atoms with Crippen LogP contribution >= 0.6 is 23.4 Å². The van der Waals surface area contributed by atoms with E-state index in [0.717, 1.165) is 5.56 Å². The van der Waals surface area contributed by atoms with Gasteiger partial charge in [-0.25, -0.2) is 4.68 Å². The van der Waals surface area contributed by atoms with Crippen molar-refractivity contribution >= 4 is 35.0 Å². The van der Waals surface area contributed by atoms with E-state index >= 15 is 0 Å². The van der Waals surface area contributed by atoms with Crippen LogP contribution < -0.4 is 11.2 Å². The molecule has 0 bridgehead atoms. The number of benzene rings is 2. The maximum absolute atomic E-state index is 12.5. The number of nitrogens with two attached hydrogens (primary N) is 1. The molecule has 152 valence electrons. The molecule has 1 amide bonds. The monoisotopic (exact) mass is 429 g/mol. The number of hydrogen-bond donors (Lipinski definition) is 2. The van der Waals surface area contributed by atoms with Gasteiger partial charge in [0.05, 0.1) is 5.25 Å². The third kappa shape index (κ3) is 5.10. The smallest absolute Gasteiger partial charge is 0.237 e. The summed E-state index contributed by atoms with van der Waals surface area (Å²) >= 11 is 7.20. The predicted molar refractivity (Wildman–Crippen MR) is 120 cm³/mol. The average molecular weight is 430 g/mol. The van der Waals surface area contributed by atoms with E-state index in [-0.39, 0.29) is 11.3 Å². The number of nitrogens with zero attached hydrogens (tertiary/aromatic N) is 3. The number of anilines is 1. The van der Waals surface area contributed by atoms with E-state index in [0.29, 0.717) is 21.7 Å². The topological polar surface area (TPSA) is 85.8 Å². The van der Waals surface area contributed by atoms with Gasteiger partial charge in [0.15, 0.2) is 5.82 Å². The highest BCUT2D eigenvalue weighted by Crippen LogP contribution is 2.28. The summed E-state index contributed by atoms with van der Waals surface area (Å²) in [5, 5.41) is 11.8. The number of nitrogen functional groups attached to an aromatic ring is 1. The second-order valence-corrected chi connectivity index (χ2v) is 9.51. The summed E-state index contributed by atoms with van der Waals surface area (Å²) in [4.78, 5) is 12.5. The van der Waals surface area contributed by atoms with Crippen LogP contribution in [0.4, 0.5) is 5.69 Å². The van der Waals surface area contributed by atoms with Crippen LogP contribution in [0, 0.1) is 0 Å². The van der Waals surface area contributed by atoms with Gasteiger partial charge in [0.1, 0.15) is 0 Å². The Bertz CT molecular complexity index is 1010. The first kappa shape index (κ1) is 21.2. The van der Waals surface area contributed by atoms with Crippen LogP contribution in [0.2, 0.25) is 5.02 Å². The van der Waals surface area contributed by atoms with Crippen molar-refractivity contribution in [3.05, 3.63) is 59.1 Å². The molecule has 29 heavy (non-hydrogen) atoms. The normalized spacial score (nSPS) is 12.6. The second kappa shape index (κ2) is 8.47. The Labute approximate surface area is 179 Å². The van der Waals surface area contributed by atoms with E-state index in [4.69, 9.17) is 17.4 Å². The molecule has 0 saturated carbocycles. The number of carbonyl (C=O) groups is 1. The lowest BCUT2D eigenvalue weighted by molar-refractivity contribution is -0.115.